The molecule has 1 aliphatic rings. The van der Waals surface area contributed by atoms with Crippen LogP contribution in [0, 0.1) is 0 Å². The smallest absolute Gasteiger partial charge is 0.233 e. The molecule has 1 aliphatic heterocycles. The first-order valence-electron chi connectivity index (χ1n) is 10.6. The molecule has 3 heterocycles. The number of likely N-dealkylation sites (N-methyl/N-ethyl adjacent to an activating group) is 1. The first-order valence-corrected chi connectivity index (χ1v) is 10.6. The first kappa shape index (κ1) is 21.6. The molecule has 2 aromatic heterocycles. The summed E-state index contributed by atoms with van der Waals surface area (Å²) in [5, 5.41) is 6.56. The minimum Gasteiger partial charge on any atom is -0.493 e. The molecule has 1 aromatic carbocycles. The van der Waals surface area contributed by atoms with Crippen molar-refractivity contribution in [2.24, 2.45) is 0 Å². The number of benzene rings is 1. The standard InChI is InChI=1S/C21H29N9O2/c1-29-10-12-30(13-11-29)21-27-19(24-7-6-18-22-8-9-23-18)26-20(28-21)25-15-4-5-16(31-2)17(14-15)32-3/h4-5,8-9,14H,6-7,10-13H2,1-3H3,(H,22,23)(H2,24,25,26,27,28). The average molecular weight is 440 g/mol. The Morgan fingerprint density at radius 1 is 1.00 bits per heavy atom. The minimum atomic E-state index is 0.460. The Morgan fingerprint density at radius 3 is 2.50 bits per heavy atom. The molecule has 0 saturated carbocycles. The molecule has 170 valence electrons. The molecule has 1 saturated heterocycles. The largest absolute Gasteiger partial charge is 0.493 e. The third kappa shape index (κ3) is 5.35. The van der Waals surface area contributed by atoms with Gasteiger partial charge in [0.05, 0.1) is 14.2 Å². The van der Waals surface area contributed by atoms with E-state index >= 15 is 0 Å². The number of imidazole rings is 1. The number of aromatic nitrogens is 5. The predicted octanol–water partition coefficient (Wildman–Crippen LogP) is 1.76. The Hall–Kier alpha value is -3.60. The molecule has 11 nitrogen and oxygen atoms in total. The molecular weight excluding hydrogens is 410 g/mol. The second kappa shape index (κ2) is 10.1. The number of piperazine rings is 1. The van der Waals surface area contributed by atoms with Crippen LogP contribution in [0.3, 0.4) is 0 Å². The van der Waals surface area contributed by atoms with Gasteiger partial charge in [-0.05, 0) is 19.2 Å². The van der Waals surface area contributed by atoms with Crippen LogP contribution in [-0.4, -0.2) is 83.8 Å². The van der Waals surface area contributed by atoms with E-state index in [-0.39, 0.29) is 0 Å². The number of hydrogen-bond acceptors (Lipinski definition) is 10. The SMILES string of the molecule is COc1ccc(Nc2nc(NCCc3ncc[nH]3)nc(N3CCN(C)CC3)n2)cc1OC. The lowest BCUT2D eigenvalue weighted by Crippen LogP contribution is -2.45. The second-order valence-electron chi connectivity index (χ2n) is 7.48. The Labute approximate surface area is 187 Å². The van der Waals surface area contributed by atoms with E-state index in [0.29, 0.717) is 35.9 Å². The molecule has 0 amide bonds. The van der Waals surface area contributed by atoms with Gasteiger partial charge in [-0.25, -0.2) is 4.98 Å². The lowest BCUT2D eigenvalue weighted by molar-refractivity contribution is 0.311. The normalized spacial score (nSPS) is 14.3. The van der Waals surface area contributed by atoms with Crippen molar-refractivity contribution in [3.8, 4) is 11.5 Å². The summed E-state index contributed by atoms with van der Waals surface area (Å²) < 4.78 is 10.7. The summed E-state index contributed by atoms with van der Waals surface area (Å²) in [5.74, 6) is 3.82. The minimum absolute atomic E-state index is 0.460. The maximum Gasteiger partial charge on any atom is 0.233 e. The van der Waals surface area contributed by atoms with Gasteiger partial charge in [0.1, 0.15) is 5.82 Å². The van der Waals surface area contributed by atoms with Gasteiger partial charge in [-0.3, -0.25) is 0 Å². The molecule has 0 bridgehead atoms. The molecule has 0 atom stereocenters. The maximum atomic E-state index is 5.40. The maximum absolute atomic E-state index is 5.40. The van der Waals surface area contributed by atoms with E-state index in [0.717, 1.165) is 44.1 Å². The number of nitrogens with zero attached hydrogens (tertiary/aromatic N) is 6. The predicted molar refractivity (Wildman–Crippen MR) is 123 cm³/mol. The summed E-state index contributed by atoms with van der Waals surface area (Å²) in [6.07, 6.45) is 4.30. The van der Waals surface area contributed by atoms with Gasteiger partial charge in [0.25, 0.3) is 0 Å². The third-order valence-corrected chi connectivity index (χ3v) is 5.25. The topological polar surface area (TPSA) is 116 Å². The lowest BCUT2D eigenvalue weighted by atomic mass is 10.3. The molecule has 3 aromatic rings. The van der Waals surface area contributed by atoms with Gasteiger partial charge >= 0.3 is 0 Å². The third-order valence-electron chi connectivity index (χ3n) is 5.25. The lowest BCUT2D eigenvalue weighted by Gasteiger charge is -2.32. The van der Waals surface area contributed by atoms with Crippen LogP contribution in [0.2, 0.25) is 0 Å². The van der Waals surface area contributed by atoms with Crippen molar-refractivity contribution >= 4 is 23.5 Å². The fraction of sp³-hybridized carbons (Fsp3) is 0.429. The monoisotopic (exact) mass is 439 g/mol. The molecule has 0 spiro atoms. The van der Waals surface area contributed by atoms with Crippen molar-refractivity contribution in [2.45, 2.75) is 6.42 Å². The van der Waals surface area contributed by atoms with Crippen molar-refractivity contribution in [3.63, 3.8) is 0 Å². The van der Waals surface area contributed by atoms with Gasteiger partial charge in [-0.15, -0.1) is 0 Å². The van der Waals surface area contributed by atoms with Crippen molar-refractivity contribution in [1.82, 2.24) is 29.8 Å². The second-order valence-corrected chi connectivity index (χ2v) is 7.48. The zero-order valence-corrected chi connectivity index (χ0v) is 18.6. The van der Waals surface area contributed by atoms with E-state index in [4.69, 9.17) is 9.47 Å². The number of anilines is 4. The van der Waals surface area contributed by atoms with Gasteiger partial charge in [-0.1, -0.05) is 0 Å². The number of rotatable bonds is 9. The number of nitrogens with one attached hydrogen (secondary N) is 3. The van der Waals surface area contributed by atoms with E-state index in [1.165, 1.54) is 0 Å². The molecule has 0 radical (unpaired) electrons. The van der Waals surface area contributed by atoms with Crippen molar-refractivity contribution in [3.05, 3.63) is 36.4 Å². The first-order chi connectivity index (χ1) is 15.6. The molecule has 11 heteroatoms. The summed E-state index contributed by atoms with van der Waals surface area (Å²) >= 11 is 0. The van der Waals surface area contributed by atoms with Gasteiger partial charge < -0.3 is 34.9 Å². The quantitative estimate of drug-likeness (QED) is 0.455. The zero-order chi connectivity index (χ0) is 22.3. The van der Waals surface area contributed by atoms with E-state index in [1.807, 2.05) is 24.4 Å². The van der Waals surface area contributed by atoms with Crippen LogP contribution >= 0.6 is 0 Å². The van der Waals surface area contributed by atoms with E-state index in [9.17, 15) is 0 Å². The Balaban J connectivity index is 1.54. The van der Waals surface area contributed by atoms with Gasteiger partial charge in [-0.2, -0.15) is 15.0 Å². The highest BCUT2D eigenvalue weighted by molar-refractivity contribution is 5.61. The Morgan fingerprint density at radius 2 is 1.78 bits per heavy atom. The number of methoxy groups -OCH3 is 2. The summed E-state index contributed by atoms with van der Waals surface area (Å²) in [6, 6.07) is 5.58. The summed E-state index contributed by atoms with van der Waals surface area (Å²) in [5.41, 5.74) is 0.791. The van der Waals surface area contributed by atoms with Crippen LogP contribution in [0.15, 0.2) is 30.6 Å². The summed E-state index contributed by atoms with van der Waals surface area (Å²) in [4.78, 5) is 25.7. The molecular formula is C21H29N9O2. The van der Waals surface area contributed by atoms with Crippen LogP contribution in [-0.2, 0) is 6.42 Å². The Bertz CT molecular complexity index is 1000. The highest BCUT2D eigenvalue weighted by Crippen LogP contribution is 2.31. The van der Waals surface area contributed by atoms with Gasteiger partial charge in [0.15, 0.2) is 11.5 Å². The number of ether oxygens (including phenoxy) is 2. The fourth-order valence-corrected chi connectivity index (χ4v) is 3.42. The van der Waals surface area contributed by atoms with Crippen molar-refractivity contribution in [1.29, 1.82) is 0 Å². The van der Waals surface area contributed by atoms with Crippen molar-refractivity contribution in [2.75, 3.05) is 69.5 Å². The number of hydrogen-bond donors (Lipinski definition) is 3. The number of H-pyrrole nitrogens is 1. The van der Waals surface area contributed by atoms with E-state index < -0.39 is 0 Å². The van der Waals surface area contributed by atoms with Gasteiger partial charge in [0, 0.05) is 63.3 Å². The molecule has 32 heavy (non-hydrogen) atoms. The molecule has 4 rings (SSSR count). The highest BCUT2D eigenvalue weighted by atomic mass is 16.5. The molecule has 3 N–H and O–H groups in total. The number of aromatic amines is 1. The van der Waals surface area contributed by atoms with Crippen LogP contribution < -0.4 is 25.0 Å². The average Bonchev–Trinajstić information content (AvgIpc) is 3.33. The fourth-order valence-electron chi connectivity index (χ4n) is 3.42. The van der Waals surface area contributed by atoms with Crippen molar-refractivity contribution < 1.29 is 9.47 Å². The molecule has 1 fully saturated rings. The highest BCUT2D eigenvalue weighted by Gasteiger charge is 2.19. The summed E-state index contributed by atoms with van der Waals surface area (Å²) in [7, 11) is 5.34. The molecule has 0 aliphatic carbocycles. The molecule has 0 unspecified atom stereocenters. The van der Waals surface area contributed by atoms with Crippen LogP contribution in [0.1, 0.15) is 5.82 Å². The Kier molecular flexibility index (Phi) is 6.85. The summed E-state index contributed by atoms with van der Waals surface area (Å²) in [6.45, 7) is 4.30. The van der Waals surface area contributed by atoms with Gasteiger partial charge in [0.2, 0.25) is 17.8 Å². The van der Waals surface area contributed by atoms with E-state index in [2.05, 4.69) is 52.4 Å². The van der Waals surface area contributed by atoms with Crippen LogP contribution in [0.5, 0.6) is 11.5 Å². The van der Waals surface area contributed by atoms with E-state index in [1.54, 1.807) is 20.4 Å². The zero-order valence-electron chi connectivity index (χ0n) is 18.6. The van der Waals surface area contributed by atoms with Crippen LogP contribution in [0.25, 0.3) is 0 Å². The van der Waals surface area contributed by atoms with Crippen LogP contribution in [0.4, 0.5) is 23.5 Å².